The van der Waals surface area contributed by atoms with Crippen molar-refractivity contribution in [1.82, 2.24) is 5.32 Å². The van der Waals surface area contributed by atoms with E-state index in [1.54, 1.807) is 6.92 Å². The molecule has 0 saturated heterocycles. The number of nitrogens with zero attached hydrogens (tertiary/aromatic N) is 1. The minimum absolute atomic E-state index is 0.181. The van der Waals surface area contributed by atoms with Gasteiger partial charge in [0.25, 0.3) is 0 Å². The van der Waals surface area contributed by atoms with E-state index >= 15 is 0 Å². The van der Waals surface area contributed by atoms with E-state index in [1.807, 2.05) is 0 Å². The van der Waals surface area contributed by atoms with Crippen molar-refractivity contribution in [2.24, 2.45) is 5.92 Å². The van der Waals surface area contributed by atoms with Crippen LogP contribution in [0.4, 0.5) is 0 Å². The molecular weight excluding hydrogens is 492 g/mol. The molecular formula is C36H73N2O2+. The number of quaternary nitrogens is 1. The molecule has 238 valence electrons. The molecule has 0 aliphatic heterocycles. The van der Waals surface area contributed by atoms with Gasteiger partial charge in [-0.1, -0.05) is 149 Å². The van der Waals surface area contributed by atoms with Crippen LogP contribution < -0.4 is 5.32 Å². The highest BCUT2D eigenvalue weighted by Crippen LogP contribution is 2.15. The molecule has 0 radical (unpaired) electrons. The van der Waals surface area contributed by atoms with Crippen molar-refractivity contribution < 1.29 is 14.1 Å². The molecule has 0 aliphatic rings. The predicted octanol–water partition coefficient (Wildman–Crippen LogP) is 10.5. The first-order valence-corrected chi connectivity index (χ1v) is 17.9. The third-order valence-corrected chi connectivity index (χ3v) is 8.85. The minimum atomic E-state index is 0.181. The van der Waals surface area contributed by atoms with Crippen LogP contribution in [0.15, 0.2) is 0 Å². The van der Waals surface area contributed by atoms with Gasteiger partial charge in [-0.05, 0) is 25.2 Å². The molecule has 0 saturated carbocycles. The maximum absolute atomic E-state index is 12.3. The SMILES string of the molecule is CCCCCCCCCCCC[N+](C)(CCCNC(=O)CCCCCCCCCCCCCCC(C)C)C(C)=O. The Morgan fingerprint density at radius 3 is 1.43 bits per heavy atom. The quantitative estimate of drug-likeness (QED) is 0.0695. The van der Waals surface area contributed by atoms with Crippen LogP contribution in [0.2, 0.25) is 0 Å². The molecule has 0 spiro atoms. The number of carbonyl (C=O) groups excluding carboxylic acids is 2. The fourth-order valence-corrected chi connectivity index (χ4v) is 5.73. The highest BCUT2D eigenvalue weighted by molar-refractivity contribution is 5.75. The van der Waals surface area contributed by atoms with Gasteiger partial charge in [-0.15, -0.1) is 0 Å². The van der Waals surface area contributed by atoms with Crippen molar-refractivity contribution in [2.75, 3.05) is 26.7 Å². The minimum Gasteiger partial charge on any atom is -0.356 e. The van der Waals surface area contributed by atoms with E-state index in [1.165, 1.54) is 135 Å². The van der Waals surface area contributed by atoms with Crippen LogP contribution in [0.5, 0.6) is 0 Å². The molecule has 0 heterocycles. The van der Waals surface area contributed by atoms with Gasteiger partial charge in [-0.2, -0.15) is 0 Å². The normalized spacial score (nSPS) is 13.1. The van der Waals surface area contributed by atoms with Crippen LogP contribution in [0.25, 0.3) is 0 Å². The van der Waals surface area contributed by atoms with Crippen molar-refractivity contribution in [3.8, 4) is 0 Å². The summed E-state index contributed by atoms with van der Waals surface area (Å²) in [5.41, 5.74) is 0. The summed E-state index contributed by atoms with van der Waals surface area (Å²) in [7, 11) is 2.08. The highest BCUT2D eigenvalue weighted by Gasteiger charge is 2.26. The van der Waals surface area contributed by atoms with E-state index in [9.17, 15) is 9.59 Å². The van der Waals surface area contributed by atoms with E-state index in [0.29, 0.717) is 17.4 Å². The number of hydrogen-bond donors (Lipinski definition) is 1. The number of rotatable bonds is 30. The molecule has 1 unspecified atom stereocenters. The molecule has 1 atom stereocenters. The summed E-state index contributed by atoms with van der Waals surface area (Å²) in [5, 5.41) is 3.09. The average Bonchev–Trinajstić information content (AvgIpc) is 2.92. The summed E-state index contributed by atoms with van der Waals surface area (Å²) in [6.07, 6.45) is 32.1. The zero-order chi connectivity index (χ0) is 29.7. The zero-order valence-corrected chi connectivity index (χ0v) is 28.1. The van der Waals surface area contributed by atoms with Crippen molar-refractivity contribution >= 4 is 11.8 Å². The Hall–Kier alpha value is -0.900. The Morgan fingerprint density at radius 2 is 0.975 bits per heavy atom. The van der Waals surface area contributed by atoms with Gasteiger partial charge in [0.1, 0.15) is 0 Å². The largest absolute Gasteiger partial charge is 0.356 e. The standard InChI is InChI=1S/C36H72N2O2/c1-6-7-8-9-10-11-18-21-24-27-32-38(5,35(4)39)33-28-31-37-36(40)30-26-23-20-17-15-13-12-14-16-19-22-25-29-34(2)3/h34H,6-33H2,1-5H3/p+1. The monoisotopic (exact) mass is 566 g/mol. The Bertz CT molecular complexity index is 577. The topological polar surface area (TPSA) is 46.2 Å². The first-order chi connectivity index (χ1) is 19.3. The van der Waals surface area contributed by atoms with Crippen molar-refractivity contribution in [1.29, 1.82) is 0 Å². The number of unbranched alkanes of at least 4 members (excludes halogenated alkanes) is 20. The van der Waals surface area contributed by atoms with Gasteiger partial charge in [-0.3, -0.25) is 9.28 Å². The van der Waals surface area contributed by atoms with E-state index in [4.69, 9.17) is 0 Å². The number of hydrogen-bond acceptors (Lipinski definition) is 2. The molecule has 0 aromatic heterocycles. The van der Waals surface area contributed by atoms with Crippen molar-refractivity contribution in [3.63, 3.8) is 0 Å². The van der Waals surface area contributed by atoms with E-state index in [2.05, 4.69) is 33.1 Å². The fraction of sp³-hybridized carbons (Fsp3) is 0.944. The van der Waals surface area contributed by atoms with Gasteiger partial charge in [0, 0.05) is 19.4 Å². The maximum atomic E-state index is 12.3. The maximum Gasteiger partial charge on any atom is 0.310 e. The van der Waals surface area contributed by atoms with Crippen LogP contribution >= 0.6 is 0 Å². The van der Waals surface area contributed by atoms with Gasteiger partial charge in [0.15, 0.2) is 0 Å². The summed E-state index contributed by atoms with van der Waals surface area (Å²) in [6, 6.07) is 0. The number of amides is 2. The second kappa shape index (κ2) is 28.2. The molecule has 0 fully saturated rings. The summed E-state index contributed by atoms with van der Waals surface area (Å²) in [6.45, 7) is 11.1. The zero-order valence-electron chi connectivity index (χ0n) is 28.1. The van der Waals surface area contributed by atoms with Gasteiger partial charge in [0.05, 0.1) is 27.1 Å². The third-order valence-electron chi connectivity index (χ3n) is 8.85. The smallest absolute Gasteiger partial charge is 0.310 e. The molecule has 1 N–H and O–H groups in total. The molecule has 0 aromatic rings. The molecule has 4 heteroatoms. The molecule has 4 nitrogen and oxygen atoms in total. The first kappa shape index (κ1) is 39.1. The van der Waals surface area contributed by atoms with Crippen molar-refractivity contribution in [2.45, 2.75) is 188 Å². The van der Waals surface area contributed by atoms with Crippen LogP contribution in [-0.4, -0.2) is 43.0 Å². The summed E-state index contributed by atoms with van der Waals surface area (Å²) in [4.78, 5) is 24.6. The molecule has 0 aliphatic carbocycles. The van der Waals surface area contributed by atoms with E-state index in [-0.39, 0.29) is 11.8 Å². The van der Waals surface area contributed by atoms with Crippen LogP contribution in [0.1, 0.15) is 188 Å². The lowest BCUT2D eigenvalue weighted by molar-refractivity contribution is -0.834. The summed E-state index contributed by atoms with van der Waals surface area (Å²) >= 11 is 0. The molecule has 2 amide bonds. The number of carbonyl (C=O) groups is 2. The summed E-state index contributed by atoms with van der Waals surface area (Å²) < 4.78 is 0.505. The van der Waals surface area contributed by atoms with Crippen molar-refractivity contribution in [3.05, 3.63) is 0 Å². The molecule has 0 aromatic carbocycles. The Kier molecular flexibility index (Phi) is 27.6. The second-order valence-corrected chi connectivity index (χ2v) is 13.4. The van der Waals surface area contributed by atoms with Gasteiger partial charge < -0.3 is 5.32 Å². The molecule has 40 heavy (non-hydrogen) atoms. The highest BCUT2D eigenvalue weighted by atomic mass is 16.2. The van der Waals surface area contributed by atoms with Crippen LogP contribution in [-0.2, 0) is 9.59 Å². The van der Waals surface area contributed by atoms with Crippen LogP contribution in [0, 0.1) is 5.92 Å². The Morgan fingerprint density at radius 1 is 0.575 bits per heavy atom. The lowest BCUT2D eigenvalue weighted by Gasteiger charge is -2.30. The average molecular weight is 566 g/mol. The van der Waals surface area contributed by atoms with Gasteiger partial charge in [0.2, 0.25) is 5.91 Å². The lowest BCUT2D eigenvalue weighted by Crippen LogP contribution is -2.50. The van der Waals surface area contributed by atoms with Crippen LogP contribution in [0.3, 0.4) is 0 Å². The number of nitrogens with one attached hydrogen (secondary N) is 1. The first-order valence-electron chi connectivity index (χ1n) is 17.9. The Labute approximate surface area is 251 Å². The Balaban J connectivity index is 3.62. The lowest BCUT2D eigenvalue weighted by atomic mass is 10.0. The molecule has 0 bridgehead atoms. The molecule has 0 rings (SSSR count). The third kappa shape index (κ3) is 26.0. The predicted molar refractivity (Wildman–Crippen MR) is 176 cm³/mol. The van der Waals surface area contributed by atoms with Gasteiger partial charge >= 0.3 is 5.91 Å². The second-order valence-electron chi connectivity index (χ2n) is 13.4. The van der Waals surface area contributed by atoms with Gasteiger partial charge in [-0.25, -0.2) is 4.79 Å². The summed E-state index contributed by atoms with van der Waals surface area (Å²) in [5.74, 6) is 1.29. The van der Waals surface area contributed by atoms with E-state index < -0.39 is 0 Å². The fourth-order valence-electron chi connectivity index (χ4n) is 5.73. The van der Waals surface area contributed by atoms with E-state index in [0.717, 1.165) is 38.3 Å².